The minimum atomic E-state index is 0.0219. The minimum absolute atomic E-state index is 0.0219. The summed E-state index contributed by atoms with van der Waals surface area (Å²) in [6.07, 6.45) is 5.05. The van der Waals surface area contributed by atoms with E-state index in [1.54, 1.807) is 0 Å². The van der Waals surface area contributed by atoms with Crippen molar-refractivity contribution < 1.29 is 14.6 Å². The molecule has 4 nitrogen and oxygen atoms in total. The molecule has 1 saturated heterocycles. The summed E-state index contributed by atoms with van der Waals surface area (Å²) in [5.74, 6) is 0.396. The second kappa shape index (κ2) is 5.64. The largest absolute Gasteiger partial charge is 0.396 e. The number of carbonyl (C=O) groups is 1. The molecule has 4 heteroatoms. The molecule has 3 unspecified atom stereocenters. The van der Waals surface area contributed by atoms with Gasteiger partial charge in [-0.3, -0.25) is 4.79 Å². The number of hydrogen-bond donors (Lipinski definition) is 2. The normalized spacial score (nSPS) is 34.9. The number of aliphatic hydroxyl groups is 1. The van der Waals surface area contributed by atoms with Gasteiger partial charge in [-0.25, -0.2) is 0 Å². The van der Waals surface area contributed by atoms with E-state index in [1.165, 1.54) is 0 Å². The number of carbonyl (C=O) groups excluding carboxylic acids is 1. The fourth-order valence-corrected chi connectivity index (χ4v) is 2.69. The first-order chi connectivity index (χ1) is 7.81. The number of nitrogens with one attached hydrogen (secondary N) is 1. The van der Waals surface area contributed by atoms with E-state index in [1.807, 2.05) is 0 Å². The molecule has 0 bridgehead atoms. The third kappa shape index (κ3) is 2.74. The SMILES string of the molecule is O=C(NC1CCCC1CO)C1CCCOC1. The zero-order valence-corrected chi connectivity index (χ0v) is 9.65. The molecule has 2 fully saturated rings. The summed E-state index contributed by atoms with van der Waals surface area (Å²) in [5.41, 5.74) is 0. The van der Waals surface area contributed by atoms with Crippen molar-refractivity contribution in [1.82, 2.24) is 5.32 Å². The van der Waals surface area contributed by atoms with Gasteiger partial charge in [-0.05, 0) is 25.7 Å². The number of rotatable bonds is 3. The summed E-state index contributed by atoms with van der Waals surface area (Å²) in [7, 11) is 0. The van der Waals surface area contributed by atoms with E-state index in [4.69, 9.17) is 4.74 Å². The average molecular weight is 227 g/mol. The van der Waals surface area contributed by atoms with Crippen molar-refractivity contribution in [2.24, 2.45) is 11.8 Å². The van der Waals surface area contributed by atoms with Crippen molar-refractivity contribution in [2.75, 3.05) is 19.8 Å². The first-order valence-corrected chi connectivity index (χ1v) is 6.30. The molecule has 1 saturated carbocycles. The molecule has 1 aliphatic heterocycles. The van der Waals surface area contributed by atoms with Crippen LogP contribution < -0.4 is 5.32 Å². The standard InChI is InChI=1S/C12H21NO3/c14-7-9-3-1-5-11(9)13-12(15)10-4-2-6-16-8-10/h9-11,14H,1-8H2,(H,13,15). The maximum Gasteiger partial charge on any atom is 0.225 e. The lowest BCUT2D eigenvalue weighted by atomic mass is 9.99. The predicted molar refractivity (Wildman–Crippen MR) is 59.9 cm³/mol. The van der Waals surface area contributed by atoms with Crippen LogP contribution in [0.25, 0.3) is 0 Å². The summed E-state index contributed by atoms with van der Waals surface area (Å²) in [5, 5.41) is 12.3. The smallest absolute Gasteiger partial charge is 0.225 e. The summed E-state index contributed by atoms with van der Waals surface area (Å²) in [6.45, 7) is 1.53. The van der Waals surface area contributed by atoms with E-state index in [-0.39, 0.29) is 30.4 Å². The van der Waals surface area contributed by atoms with E-state index in [9.17, 15) is 9.90 Å². The van der Waals surface area contributed by atoms with Crippen molar-refractivity contribution in [2.45, 2.75) is 38.1 Å². The van der Waals surface area contributed by atoms with E-state index in [0.717, 1.165) is 38.7 Å². The topological polar surface area (TPSA) is 58.6 Å². The van der Waals surface area contributed by atoms with Crippen LogP contribution in [0.2, 0.25) is 0 Å². The summed E-state index contributed by atoms with van der Waals surface area (Å²) in [4.78, 5) is 11.9. The molecule has 2 aliphatic rings. The van der Waals surface area contributed by atoms with E-state index in [0.29, 0.717) is 6.61 Å². The molecule has 0 aromatic carbocycles. The Morgan fingerprint density at radius 2 is 2.19 bits per heavy atom. The molecule has 0 spiro atoms. The Kier molecular flexibility index (Phi) is 4.18. The monoisotopic (exact) mass is 227 g/mol. The highest BCUT2D eigenvalue weighted by molar-refractivity contribution is 5.79. The van der Waals surface area contributed by atoms with Crippen LogP contribution in [0, 0.1) is 11.8 Å². The first kappa shape index (κ1) is 11.9. The lowest BCUT2D eigenvalue weighted by Gasteiger charge is -2.25. The lowest BCUT2D eigenvalue weighted by molar-refractivity contribution is -0.130. The van der Waals surface area contributed by atoms with Crippen molar-refractivity contribution in [1.29, 1.82) is 0 Å². The van der Waals surface area contributed by atoms with Gasteiger partial charge >= 0.3 is 0 Å². The van der Waals surface area contributed by atoms with Gasteiger partial charge in [0, 0.05) is 25.2 Å². The molecule has 3 atom stereocenters. The van der Waals surface area contributed by atoms with Gasteiger partial charge in [-0.2, -0.15) is 0 Å². The Bertz CT molecular complexity index is 238. The van der Waals surface area contributed by atoms with Gasteiger partial charge in [0.25, 0.3) is 0 Å². The summed E-state index contributed by atoms with van der Waals surface area (Å²) in [6, 6.07) is 0.180. The molecular weight excluding hydrogens is 206 g/mol. The zero-order chi connectivity index (χ0) is 11.4. The van der Waals surface area contributed by atoms with Gasteiger partial charge in [-0.1, -0.05) is 6.42 Å². The molecule has 1 heterocycles. The molecule has 2 rings (SSSR count). The Labute approximate surface area is 96.4 Å². The molecule has 2 N–H and O–H groups in total. The number of ether oxygens (including phenoxy) is 1. The third-order valence-electron chi connectivity index (χ3n) is 3.75. The van der Waals surface area contributed by atoms with Crippen LogP contribution in [0.15, 0.2) is 0 Å². The number of amides is 1. The zero-order valence-electron chi connectivity index (χ0n) is 9.65. The molecular formula is C12H21NO3. The van der Waals surface area contributed by atoms with Crippen LogP contribution in [-0.2, 0) is 9.53 Å². The average Bonchev–Trinajstić information content (AvgIpc) is 2.77. The Morgan fingerprint density at radius 3 is 2.88 bits per heavy atom. The van der Waals surface area contributed by atoms with Gasteiger partial charge in [0.2, 0.25) is 5.91 Å². The Morgan fingerprint density at radius 1 is 1.31 bits per heavy atom. The van der Waals surface area contributed by atoms with E-state index in [2.05, 4.69) is 5.32 Å². The predicted octanol–water partition coefficient (Wildman–Crippen LogP) is 0.690. The number of aliphatic hydroxyl groups excluding tert-OH is 1. The second-order valence-electron chi connectivity index (χ2n) is 4.90. The highest BCUT2D eigenvalue weighted by Gasteiger charge is 2.30. The van der Waals surface area contributed by atoms with Gasteiger partial charge in [-0.15, -0.1) is 0 Å². The van der Waals surface area contributed by atoms with Crippen LogP contribution in [0.3, 0.4) is 0 Å². The van der Waals surface area contributed by atoms with Gasteiger partial charge < -0.3 is 15.2 Å². The minimum Gasteiger partial charge on any atom is -0.396 e. The van der Waals surface area contributed by atoms with E-state index >= 15 is 0 Å². The highest BCUT2D eigenvalue weighted by Crippen LogP contribution is 2.25. The van der Waals surface area contributed by atoms with Crippen LogP contribution in [0.4, 0.5) is 0 Å². The maximum absolute atomic E-state index is 11.9. The quantitative estimate of drug-likeness (QED) is 0.746. The van der Waals surface area contributed by atoms with Crippen LogP contribution >= 0.6 is 0 Å². The molecule has 92 valence electrons. The van der Waals surface area contributed by atoms with Gasteiger partial charge in [0.05, 0.1) is 12.5 Å². The molecule has 0 aromatic heterocycles. The van der Waals surface area contributed by atoms with E-state index < -0.39 is 0 Å². The summed E-state index contributed by atoms with van der Waals surface area (Å²) < 4.78 is 5.31. The number of hydrogen-bond acceptors (Lipinski definition) is 3. The third-order valence-corrected chi connectivity index (χ3v) is 3.75. The molecule has 16 heavy (non-hydrogen) atoms. The van der Waals surface area contributed by atoms with Crippen molar-refractivity contribution in [3.05, 3.63) is 0 Å². The van der Waals surface area contributed by atoms with Crippen molar-refractivity contribution in [3.8, 4) is 0 Å². The van der Waals surface area contributed by atoms with Crippen LogP contribution in [-0.4, -0.2) is 36.9 Å². The maximum atomic E-state index is 11.9. The van der Waals surface area contributed by atoms with Crippen molar-refractivity contribution >= 4 is 5.91 Å². The Balaban J connectivity index is 1.81. The molecule has 1 amide bonds. The first-order valence-electron chi connectivity index (χ1n) is 6.30. The van der Waals surface area contributed by atoms with Crippen LogP contribution in [0.5, 0.6) is 0 Å². The van der Waals surface area contributed by atoms with Crippen LogP contribution in [0.1, 0.15) is 32.1 Å². The highest BCUT2D eigenvalue weighted by atomic mass is 16.5. The van der Waals surface area contributed by atoms with Gasteiger partial charge in [0.15, 0.2) is 0 Å². The summed E-state index contributed by atoms with van der Waals surface area (Å²) >= 11 is 0. The Hall–Kier alpha value is -0.610. The second-order valence-corrected chi connectivity index (χ2v) is 4.90. The lowest BCUT2D eigenvalue weighted by Crippen LogP contribution is -2.43. The molecule has 1 aliphatic carbocycles. The molecule has 0 radical (unpaired) electrons. The van der Waals surface area contributed by atoms with Crippen molar-refractivity contribution in [3.63, 3.8) is 0 Å². The van der Waals surface area contributed by atoms with Gasteiger partial charge in [0.1, 0.15) is 0 Å². The molecule has 0 aromatic rings. The fraction of sp³-hybridized carbons (Fsp3) is 0.917. The fourth-order valence-electron chi connectivity index (χ4n) is 2.69.